The van der Waals surface area contributed by atoms with Gasteiger partial charge in [0.2, 0.25) is 5.88 Å². The molecule has 10 heteroatoms. The van der Waals surface area contributed by atoms with Gasteiger partial charge in [-0.3, -0.25) is 4.79 Å². The van der Waals surface area contributed by atoms with Gasteiger partial charge in [-0.05, 0) is 43.9 Å². The number of aromatic nitrogens is 3. The summed E-state index contributed by atoms with van der Waals surface area (Å²) in [5, 5.41) is 17.2. The fourth-order valence-corrected chi connectivity index (χ4v) is 5.44. The van der Waals surface area contributed by atoms with Crippen LogP contribution in [0.5, 0.6) is 5.88 Å². The minimum Gasteiger partial charge on any atom is -0.473 e. The molecule has 9 nitrogen and oxygen atoms in total. The Labute approximate surface area is 195 Å². The van der Waals surface area contributed by atoms with Crippen molar-refractivity contribution >= 4 is 39.0 Å². The molecule has 0 spiro atoms. The zero-order chi connectivity index (χ0) is 22.8. The first-order valence-corrected chi connectivity index (χ1v) is 12.1. The normalized spacial score (nSPS) is 21.3. The number of carbonyl (C=O) groups is 1. The second-order valence-electron chi connectivity index (χ2n) is 8.45. The number of carbonyl (C=O) groups excluding carboxylic acids is 1. The number of pyridine rings is 1. The highest BCUT2D eigenvalue weighted by atomic mass is 32.1. The molecule has 33 heavy (non-hydrogen) atoms. The summed E-state index contributed by atoms with van der Waals surface area (Å²) in [7, 11) is 0. The van der Waals surface area contributed by atoms with Gasteiger partial charge in [0.1, 0.15) is 28.8 Å². The highest BCUT2D eigenvalue weighted by molar-refractivity contribution is 7.20. The SMILES string of the molecule is Cc1c(C(=O)NC2CCC[C@@H]2O)sc2ncnc(Nc3cccnc3OC3CCOCC3)c12. The number of nitrogens with zero attached hydrogens (tertiary/aromatic N) is 3. The molecule has 1 aliphatic heterocycles. The van der Waals surface area contributed by atoms with Crippen LogP contribution in [0.3, 0.4) is 0 Å². The van der Waals surface area contributed by atoms with E-state index in [0.29, 0.717) is 35.5 Å². The van der Waals surface area contributed by atoms with Gasteiger partial charge in [0.05, 0.1) is 35.6 Å². The molecule has 174 valence electrons. The molecule has 4 heterocycles. The van der Waals surface area contributed by atoms with E-state index < -0.39 is 6.10 Å². The number of nitrogens with one attached hydrogen (secondary N) is 2. The van der Waals surface area contributed by atoms with E-state index in [1.807, 2.05) is 19.1 Å². The molecule has 1 amide bonds. The van der Waals surface area contributed by atoms with Crippen LogP contribution in [0.25, 0.3) is 10.2 Å². The Morgan fingerprint density at radius 2 is 2.06 bits per heavy atom. The van der Waals surface area contributed by atoms with Crippen molar-refractivity contribution in [2.24, 2.45) is 0 Å². The molecule has 1 saturated carbocycles. The molecule has 2 fully saturated rings. The zero-order valence-electron chi connectivity index (χ0n) is 18.4. The first kappa shape index (κ1) is 22.0. The molecular weight excluding hydrogens is 442 g/mol. The number of aliphatic hydroxyl groups is 1. The fourth-order valence-electron chi connectivity index (χ4n) is 4.38. The van der Waals surface area contributed by atoms with E-state index in [1.54, 1.807) is 6.20 Å². The predicted molar refractivity (Wildman–Crippen MR) is 125 cm³/mol. The van der Waals surface area contributed by atoms with Gasteiger partial charge in [-0.25, -0.2) is 15.0 Å². The second-order valence-corrected chi connectivity index (χ2v) is 9.45. The number of rotatable bonds is 6. The van der Waals surface area contributed by atoms with Crippen LogP contribution in [0.4, 0.5) is 11.5 Å². The number of hydrogen-bond donors (Lipinski definition) is 3. The van der Waals surface area contributed by atoms with Crippen LogP contribution in [0.15, 0.2) is 24.7 Å². The molecule has 0 bridgehead atoms. The highest BCUT2D eigenvalue weighted by Crippen LogP contribution is 2.36. The Bertz CT molecular complexity index is 1150. The Balaban J connectivity index is 1.41. The zero-order valence-corrected chi connectivity index (χ0v) is 19.2. The van der Waals surface area contributed by atoms with Crippen LogP contribution in [0.2, 0.25) is 0 Å². The summed E-state index contributed by atoms with van der Waals surface area (Å²) in [5.41, 5.74) is 1.51. The lowest BCUT2D eigenvalue weighted by Gasteiger charge is -2.23. The molecule has 0 aromatic carbocycles. The number of thiophene rings is 1. The summed E-state index contributed by atoms with van der Waals surface area (Å²) in [6.45, 7) is 3.27. The molecule has 3 N–H and O–H groups in total. The lowest BCUT2D eigenvalue weighted by molar-refractivity contribution is 0.0240. The lowest BCUT2D eigenvalue weighted by Crippen LogP contribution is -2.39. The maximum absolute atomic E-state index is 13.0. The topological polar surface area (TPSA) is 118 Å². The number of anilines is 2. The predicted octanol–water partition coefficient (Wildman–Crippen LogP) is 3.34. The average Bonchev–Trinajstić information content (AvgIpc) is 3.39. The van der Waals surface area contributed by atoms with Crippen molar-refractivity contribution in [3.05, 3.63) is 35.1 Å². The van der Waals surface area contributed by atoms with Crippen molar-refractivity contribution in [1.29, 1.82) is 0 Å². The summed E-state index contributed by atoms with van der Waals surface area (Å²) in [4.78, 5) is 27.5. The number of ether oxygens (including phenoxy) is 2. The highest BCUT2D eigenvalue weighted by Gasteiger charge is 2.29. The Morgan fingerprint density at radius 1 is 1.21 bits per heavy atom. The third kappa shape index (κ3) is 4.64. The van der Waals surface area contributed by atoms with Crippen LogP contribution in [-0.4, -0.2) is 57.4 Å². The first-order chi connectivity index (χ1) is 16.1. The molecular formula is C23H27N5O4S. The molecule has 3 aromatic heterocycles. The van der Waals surface area contributed by atoms with Gasteiger partial charge in [-0.15, -0.1) is 11.3 Å². The smallest absolute Gasteiger partial charge is 0.262 e. The van der Waals surface area contributed by atoms with Crippen LogP contribution < -0.4 is 15.4 Å². The van der Waals surface area contributed by atoms with Crippen LogP contribution in [-0.2, 0) is 4.74 Å². The van der Waals surface area contributed by atoms with E-state index in [1.165, 1.54) is 17.7 Å². The maximum atomic E-state index is 13.0. The first-order valence-electron chi connectivity index (χ1n) is 11.3. The van der Waals surface area contributed by atoms with Gasteiger partial charge >= 0.3 is 0 Å². The van der Waals surface area contributed by atoms with Crippen molar-refractivity contribution in [3.8, 4) is 5.88 Å². The number of aryl methyl sites for hydroxylation is 1. The monoisotopic (exact) mass is 469 g/mol. The molecule has 2 aliphatic rings. The van der Waals surface area contributed by atoms with E-state index >= 15 is 0 Å². The van der Waals surface area contributed by atoms with E-state index in [4.69, 9.17) is 9.47 Å². The second kappa shape index (κ2) is 9.58. The minimum absolute atomic E-state index is 0.0590. The molecule has 1 saturated heterocycles. The molecule has 3 aromatic rings. The van der Waals surface area contributed by atoms with Gasteiger partial charge in [-0.1, -0.05) is 0 Å². The molecule has 2 atom stereocenters. The van der Waals surface area contributed by atoms with Crippen molar-refractivity contribution in [2.45, 2.75) is 57.3 Å². The Morgan fingerprint density at radius 3 is 2.85 bits per heavy atom. The molecule has 1 aliphatic carbocycles. The third-order valence-electron chi connectivity index (χ3n) is 6.20. The van der Waals surface area contributed by atoms with Crippen molar-refractivity contribution in [1.82, 2.24) is 20.3 Å². The quantitative estimate of drug-likeness (QED) is 0.503. The van der Waals surface area contributed by atoms with Crippen molar-refractivity contribution < 1.29 is 19.4 Å². The number of fused-ring (bicyclic) bond motifs is 1. The van der Waals surface area contributed by atoms with Crippen LogP contribution in [0.1, 0.15) is 47.3 Å². The maximum Gasteiger partial charge on any atom is 0.262 e. The van der Waals surface area contributed by atoms with E-state index in [2.05, 4.69) is 25.6 Å². The van der Waals surface area contributed by atoms with Gasteiger partial charge in [0.25, 0.3) is 5.91 Å². The summed E-state index contributed by atoms with van der Waals surface area (Å²) >= 11 is 1.33. The summed E-state index contributed by atoms with van der Waals surface area (Å²) < 4.78 is 11.6. The Kier molecular flexibility index (Phi) is 6.39. The lowest BCUT2D eigenvalue weighted by atomic mass is 10.1. The number of aliphatic hydroxyl groups excluding tert-OH is 1. The number of hydrogen-bond acceptors (Lipinski definition) is 9. The van der Waals surface area contributed by atoms with Gasteiger partial charge < -0.3 is 25.2 Å². The van der Waals surface area contributed by atoms with E-state index in [0.717, 1.165) is 47.9 Å². The van der Waals surface area contributed by atoms with Gasteiger partial charge in [0, 0.05) is 19.0 Å². The summed E-state index contributed by atoms with van der Waals surface area (Å²) in [6, 6.07) is 3.53. The van der Waals surface area contributed by atoms with Gasteiger partial charge in [0.15, 0.2) is 0 Å². The van der Waals surface area contributed by atoms with Crippen molar-refractivity contribution in [3.63, 3.8) is 0 Å². The van der Waals surface area contributed by atoms with E-state index in [-0.39, 0.29) is 18.1 Å². The molecule has 5 rings (SSSR count). The van der Waals surface area contributed by atoms with Crippen LogP contribution >= 0.6 is 11.3 Å². The third-order valence-corrected chi connectivity index (χ3v) is 7.40. The number of amides is 1. The van der Waals surface area contributed by atoms with Crippen molar-refractivity contribution in [2.75, 3.05) is 18.5 Å². The largest absolute Gasteiger partial charge is 0.473 e. The summed E-state index contributed by atoms with van der Waals surface area (Å²) in [6.07, 6.45) is 6.84. The average molecular weight is 470 g/mol. The van der Waals surface area contributed by atoms with E-state index in [9.17, 15) is 9.90 Å². The van der Waals surface area contributed by atoms with Crippen LogP contribution in [0, 0.1) is 6.92 Å². The molecule has 0 radical (unpaired) electrons. The van der Waals surface area contributed by atoms with Gasteiger partial charge in [-0.2, -0.15) is 0 Å². The fraction of sp³-hybridized carbons (Fsp3) is 0.478. The summed E-state index contributed by atoms with van der Waals surface area (Å²) in [5.74, 6) is 0.924. The standard InChI is InChI=1S/C23H27N5O4S/c1-13-18-20(27-16-5-3-9-24-22(16)32-14-7-10-31-11-8-14)25-12-26-23(18)33-19(13)21(30)28-15-4-2-6-17(15)29/h3,5,9,12,14-15,17,29H,2,4,6-8,10-11H2,1H3,(H,28,30)(H,25,26,27)/t15?,17-/m0/s1. The Hall–Kier alpha value is -2.82. The molecule has 1 unspecified atom stereocenters. The minimum atomic E-state index is -0.486.